The second-order valence-corrected chi connectivity index (χ2v) is 7.25. The van der Waals surface area contributed by atoms with Crippen molar-refractivity contribution < 1.29 is 9.47 Å². The Morgan fingerprint density at radius 1 is 1.27 bits per heavy atom. The van der Waals surface area contributed by atoms with Crippen LogP contribution in [0.4, 0.5) is 10.8 Å². The lowest BCUT2D eigenvalue weighted by Gasteiger charge is -2.17. The molecule has 0 atom stereocenters. The number of rotatable bonds is 4. The Balaban J connectivity index is 1.60. The molecule has 6 heteroatoms. The summed E-state index contributed by atoms with van der Waals surface area (Å²) in [5.74, 6) is 1.52. The van der Waals surface area contributed by atoms with Gasteiger partial charge >= 0.3 is 0 Å². The number of benzene rings is 2. The van der Waals surface area contributed by atoms with Crippen LogP contribution in [0.1, 0.15) is 16.8 Å². The number of aromatic nitrogens is 1. The minimum atomic E-state index is 0.452. The third kappa shape index (κ3) is 3.28. The molecule has 0 amide bonds. The Labute approximate surface area is 161 Å². The number of aryl methyl sites for hydroxylation is 1. The van der Waals surface area contributed by atoms with Gasteiger partial charge in [-0.1, -0.05) is 29.8 Å². The van der Waals surface area contributed by atoms with Crippen LogP contribution in [0.5, 0.6) is 11.5 Å². The van der Waals surface area contributed by atoms with Gasteiger partial charge < -0.3 is 14.8 Å². The van der Waals surface area contributed by atoms with Crippen LogP contribution in [0.25, 0.3) is 11.6 Å². The van der Waals surface area contributed by atoms with Gasteiger partial charge in [-0.2, -0.15) is 0 Å². The minimum absolute atomic E-state index is 0.452. The standard InChI is InChI=1S/C20H17ClN2O2S/c1-12-6-7-18(24-2)16(8-12)22-20-23-17(11-26-20)14-9-13-4-3-5-15(21)19(13)25-10-14/h3-9,11H,10H2,1-2H3,(H,22,23). The molecule has 1 N–H and O–H groups in total. The van der Waals surface area contributed by atoms with Crippen molar-refractivity contribution in [2.45, 2.75) is 6.92 Å². The van der Waals surface area contributed by atoms with E-state index >= 15 is 0 Å². The van der Waals surface area contributed by atoms with E-state index < -0.39 is 0 Å². The third-order valence-electron chi connectivity index (χ3n) is 4.13. The molecule has 1 aliphatic rings. The molecule has 2 heterocycles. The molecule has 1 aliphatic heterocycles. The molecule has 0 unspecified atom stereocenters. The first-order valence-corrected chi connectivity index (χ1v) is 9.39. The molecule has 0 spiro atoms. The van der Waals surface area contributed by atoms with E-state index in [-0.39, 0.29) is 0 Å². The maximum atomic E-state index is 6.18. The Kier molecular flexibility index (Phi) is 4.57. The number of halogens is 1. The van der Waals surface area contributed by atoms with Crippen molar-refractivity contribution in [3.8, 4) is 11.5 Å². The van der Waals surface area contributed by atoms with Crippen LogP contribution >= 0.6 is 22.9 Å². The molecule has 0 bridgehead atoms. The summed E-state index contributed by atoms with van der Waals surface area (Å²) in [6.45, 7) is 2.50. The maximum absolute atomic E-state index is 6.18. The predicted molar refractivity (Wildman–Crippen MR) is 108 cm³/mol. The first-order chi connectivity index (χ1) is 12.6. The lowest BCUT2D eigenvalue weighted by Crippen LogP contribution is -2.07. The fraction of sp³-hybridized carbons (Fsp3) is 0.150. The predicted octanol–water partition coefficient (Wildman–Crippen LogP) is 5.79. The maximum Gasteiger partial charge on any atom is 0.187 e. The molecule has 2 aromatic carbocycles. The molecule has 4 nitrogen and oxygen atoms in total. The molecule has 0 fully saturated rings. The topological polar surface area (TPSA) is 43.4 Å². The molecule has 132 valence electrons. The summed E-state index contributed by atoms with van der Waals surface area (Å²) in [4.78, 5) is 4.70. The van der Waals surface area contributed by atoms with Crippen LogP contribution in [0, 0.1) is 6.92 Å². The Bertz CT molecular complexity index is 997. The quantitative estimate of drug-likeness (QED) is 0.618. The number of methoxy groups -OCH3 is 1. The van der Waals surface area contributed by atoms with E-state index in [0.717, 1.165) is 44.7 Å². The highest BCUT2D eigenvalue weighted by atomic mass is 35.5. The summed E-state index contributed by atoms with van der Waals surface area (Å²) in [6.07, 6.45) is 2.08. The van der Waals surface area contributed by atoms with Crippen LogP contribution in [0.3, 0.4) is 0 Å². The molecule has 26 heavy (non-hydrogen) atoms. The Hall–Kier alpha value is -2.50. The van der Waals surface area contributed by atoms with Gasteiger partial charge in [-0.3, -0.25) is 0 Å². The number of thiazole rings is 1. The summed E-state index contributed by atoms with van der Waals surface area (Å²) >= 11 is 7.73. The molecule has 3 aromatic rings. The van der Waals surface area contributed by atoms with Gasteiger partial charge in [0.1, 0.15) is 18.1 Å². The van der Waals surface area contributed by atoms with Gasteiger partial charge in [0.25, 0.3) is 0 Å². The second-order valence-electron chi connectivity index (χ2n) is 5.98. The molecule has 0 saturated carbocycles. The summed E-state index contributed by atoms with van der Waals surface area (Å²) in [7, 11) is 1.66. The van der Waals surface area contributed by atoms with Crippen molar-refractivity contribution >= 4 is 45.4 Å². The second kappa shape index (κ2) is 7.02. The zero-order valence-electron chi connectivity index (χ0n) is 14.4. The molecule has 1 aromatic heterocycles. The van der Waals surface area contributed by atoms with Gasteiger partial charge in [0.15, 0.2) is 5.13 Å². The van der Waals surface area contributed by atoms with Crippen LogP contribution in [0.2, 0.25) is 5.02 Å². The number of fused-ring (bicyclic) bond motifs is 1. The molecule has 0 aliphatic carbocycles. The molecular formula is C20H17ClN2O2S. The van der Waals surface area contributed by atoms with E-state index in [1.807, 2.05) is 48.7 Å². The van der Waals surface area contributed by atoms with E-state index in [1.165, 1.54) is 0 Å². The van der Waals surface area contributed by atoms with Crippen molar-refractivity contribution in [2.75, 3.05) is 19.0 Å². The largest absolute Gasteiger partial charge is 0.495 e. The van der Waals surface area contributed by atoms with E-state index in [1.54, 1.807) is 18.4 Å². The third-order valence-corrected chi connectivity index (χ3v) is 5.18. The fourth-order valence-electron chi connectivity index (χ4n) is 2.83. The van der Waals surface area contributed by atoms with Crippen LogP contribution < -0.4 is 14.8 Å². The first-order valence-electron chi connectivity index (χ1n) is 8.13. The van der Waals surface area contributed by atoms with Gasteiger partial charge in [0.2, 0.25) is 0 Å². The smallest absolute Gasteiger partial charge is 0.187 e. The zero-order valence-corrected chi connectivity index (χ0v) is 15.9. The van der Waals surface area contributed by atoms with Crippen molar-refractivity contribution in [3.63, 3.8) is 0 Å². The summed E-state index contributed by atoms with van der Waals surface area (Å²) in [5, 5.41) is 6.81. The molecular weight excluding hydrogens is 368 g/mol. The first kappa shape index (κ1) is 16.9. The summed E-state index contributed by atoms with van der Waals surface area (Å²) in [6, 6.07) is 11.8. The van der Waals surface area contributed by atoms with E-state index in [0.29, 0.717) is 11.6 Å². The Morgan fingerprint density at radius 3 is 3.00 bits per heavy atom. The van der Waals surface area contributed by atoms with Gasteiger partial charge in [0.05, 0.1) is 23.5 Å². The number of anilines is 2. The monoisotopic (exact) mass is 384 g/mol. The van der Waals surface area contributed by atoms with Crippen molar-refractivity contribution in [3.05, 3.63) is 63.6 Å². The van der Waals surface area contributed by atoms with Crippen molar-refractivity contribution in [1.29, 1.82) is 0 Å². The van der Waals surface area contributed by atoms with Gasteiger partial charge in [-0.05, 0) is 36.8 Å². The highest BCUT2D eigenvalue weighted by Crippen LogP contribution is 2.37. The average molecular weight is 385 g/mol. The number of para-hydroxylation sites is 1. The number of nitrogens with one attached hydrogen (secondary N) is 1. The average Bonchev–Trinajstić information content (AvgIpc) is 3.10. The lowest BCUT2D eigenvalue weighted by molar-refractivity contribution is 0.365. The number of nitrogens with zero attached hydrogens (tertiary/aromatic N) is 1. The van der Waals surface area contributed by atoms with Crippen molar-refractivity contribution in [2.24, 2.45) is 0 Å². The van der Waals surface area contributed by atoms with Crippen LogP contribution in [-0.2, 0) is 0 Å². The van der Waals surface area contributed by atoms with E-state index in [2.05, 4.69) is 11.4 Å². The van der Waals surface area contributed by atoms with Crippen molar-refractivity contribution in [1.82, 2.24) is 4.98 Å². The Morgan fingerprint density at radius 2 is 2.15 bits per heavy atom. The van der Waals surface area contributed by atoms with Gasteiger partial charge in [-0.15, -0.1) is 11.3 Å². The number of hydrogen-bond donors (Lipinski definition) is 1. The normalized spacial score (nSPS) is 12.8. The summed E-state index contributed by atoms with van der Waals surface area (Å²) in [5.41, 5.74) is 4.96. The molecule has 4 rings (SSSR count). The van der Waals surface area contributed by atoms with Gasteiger partial charge in [-0.25, -0.2) is 4.98 Å². The number of ether oxygens (including phenoxy) is 2. The lowest BCUT2D eigenvalue weighted by atomic mass is 10.1. The molecule has 0 radical (unpaired) electrons. The molecule has 0 saturated heterocycles. The van der Waals surface area contributed by atoms with Crippen LogP contribution in [-0.4, -0.2) is 18.7 Å². The highest BCUT2D eigenvalue weighted by Gasteiger charge is 2.17. The zero-order chi connectivity index (χ0) is 18.1. The van der Waals surface area contributed by atoms with E-state index in [4.69, 9.17) is 26.1 Å². The van der Waals surface area contributed by atoms with Crippen LogP contribution in [0.15, 0.2) is 41.8 Å². The SMILES string of the molecule is COc1ccc(C)cc1Nc1nc(C2=Cc3cccc(Cl)c3OC2)cs1. The minimum Gasteiger partial charge on any atom is -0.495 e. The fourth-order valence-corrected chi connectivity index (χ4v) is 3.82. The highest BCUT2D eigenvalue weighted by molar-refractivity contribution is 7.13. The summed E-state index contributed by atoms with van der Waals surface area (Å²) < 4.78 is 11.2. The van der Waals surface area contributed by atoms with E-state index in [9.17, 15) is 0 Å². The van der Waals surface area contributed by atoms with Gasteiger partial charge in [0, 0.05) is 16.5 Å². The number of hydrogen-bond acceptors (Lipinski definition) is 5.